The number of carbonyl (C=O) groups is 1. The summed E-state index contributed by atoms with van der Waals surface area (Å²) in [7, 11) is 0. The van der Waals surface area contributed by atoms with Gasteiger partial charge in [-0.2, -0.15) is 0 Å². The predicted molar refractivity (Wildman–Crippen MR) is 115 cm³/mol. The molecular formula is C24H26FN3O3. The van der Waals surface area contributed by atoms with Crippen molar-refractivity contribution in [2.75, 3.05) is 11.9 Å². The highest BCUT2D eigenvalue weighted by atomic mass is 19.1. The van der Waals surface area contributed by atoms with Gasteiger partial charge in [-0.05, 0) is 55.0 Å². The minimum Gasteiger partial charge on any atom is -0.481 e. The number of rotatable bonds is 9. The van der Waals surface area contributed by atoms with Crippen LogP contribution in [0.3, 0.4) is 0 Å². The van der Waals surface area contributed by atoms with Crippen LogP contribution >= 0.6 is 0 Å². The fourth-order valence-electron chi connectivity index (χ4n) is 4.05. The molecule has 7 heteroatoms. The molecule has 2 N–H and O–H groups in total. The lowest BCUT2D eigenvalue weighted by Crippen LogP contribution is -2.14. The van der Waals surface area contributed by atoms with Crippen LogP contribution < -0.4 is 5.32 Å². The van der Waals surface area contributed by atoms with Gasteiger partial charge in [0.25, 0.3) is 0 Å². The molecule has 6 nitrogen and oxygen atoms in total. The van der Waals surface area contributed by atoms with Crippen molar-refractivity contribution in [3.63, 3.8) is 0 Å². The lowest BCUT2D eigenvalue weighted by atomic mass is 9.91. The molecule has 3 aromatic rings. The zero-order chi connectivity index (χ0) is 21.6. The van der Waals surface area contributed by atoms with Crippen LogP contribution in [0.25, 0.3) is 0 Å². The van der Waals surface area contributed by atoms with E-state index in [9.17, 15) is 14.3 Å². The van der Waals surface area contributed by atoms with Gasteiger partial charge in [-0.1, -0.05) is 23.4 Å². The summed E-state index contributed by atoms with van der Waals surface area (Å²) in [6, 6.07) is 12.2. The molecule has 2 aromatic heterocycles. The summed E-state index contributed by atoms with van der Waals surface area (Å²) in [5.74, 6) is 0.106. The summed E-state index contributed by atoms with van der Waals surface area (Å²) in [4.78, 5) is 16.0. The number of nitrogens with one attached hydrogen (secondary N) is 1. The average molecular weight is 423 g/mol. The highest BCUT2D eigenvalue weighted by Crippen LogP contribution is 2.26. The van der Waals surface area contributed by atoms with Crippen molar-refractivity contribution in [1.29, 1.82) is 0 Å². The van der Waals surface area contributed by atoms with E-state index >= 15 is 0 Å². The Balaban J connectivity index is 1.34. The lowest BCUT2D eigenvalue weighted by molar-refractivity contribution is -0.137. The number of benzene rings is 1. The molecule has 1 aromatic carbocycles. The Morgan fingerprint density at radius 1 is 1.19 bits per heavy atom. The van der Waals surface area contributed by atoms with Gasteiger partial charge in [-0.25, -0.2) is 9.37 Å². The van der Waals surface area contributed by atoms with Gasteiger partial charge in [-0.15, -0.1) is 0 Å². The maximum atomic E-state index is 13.6. The van der Waals surface area contributed by atoms with Crippen LogP contribution in [0.4, 0.5) is 10.2 Å². The summed E-state index contributed by atoms with van der Waals surface area (Å²) >= 11 is 0. The van der Waals surface area contributed by atoms with Crippen LogP contribution in [-0.4, -0.2) is 27.8 Å². The zero-order valence-electron chi connectivity index (χ0n) is 17.3. The number of carboxylic acids is 1. The van der Waals surface area contributed by atoms with E-state index in [1.165, 1.54) is 17.7 Å². The molecule has 4 rings (SSSR count). The second-order valence-electron chi connectivity index (χ2n) is 8.03. The van der Waals surface area contributed by atoms with Gasteiger partial charge >= 0.3 is 5.97 Å². The van der Waals surface area contributed by atoms with Gasteiger partial charge in [0, 0.05) is 37.1 Å². The number of nitrogens with zero attached hydrogens (tertiary/aromatic N) is 2. The Morgan fingerprint density at radius 2 is 2.10 bits per heavy atom. The lowest BCUT2D eigenvalue weighted by Gasteiger charge is -2.17. The number of halogens is 1. The third-order valence-corrected chi connectivity index (χ3v) is 5.61. The number of aryl methyl sites for hydroxylation is 3. The van der Waals surface area contributed by atoms with Crippen LogP contribution in [0.5, 0.6) is 0 Å². The third kappa shape index (κ3) is 5.69. The maximum Gasteiger partial charge on any atom is 0.303 e. The van der Waals surface area contributed by atoms with Crippen LogP contribution in [0.2, 0.25) is 0 Å². The molecule has 0 amide bonds. The predicted octanol–water partition coefficient (Wildman–Crippen LogP) is 4.54. The number of hydrogen-bond acceptors (Lipinski definition) is 5. The van der Waals surface area contributed by atoms with Gasteiger partial charge in [0.05, 0.1) is 12.1 Å². The molecule has 0 spiro atoms. The van der Waals surface area contributed by atoms with Crippen molar-refractivity contribution in [3.05, 3.63) is 76.6 Å². The summed E-state index contributed by atoms with van der Waals surface area (Å²) in [5, 5.41) is 16.7. The molecule has 0 fully saturated rings. The quantitative estimate of drug-likeness (QED) is 0.525. The van der Waals surface area contributed by atoms with Gasteiger partial charge in [0.1, 0.15) is 17.4 Å². The van der Waals surface area contributed by atoms with Crippen molar-refractivity contribution in [3.8, 4) is 0 Å². The van der Waals surface area contributed by atoms with E-state index in [4.69, 9.17) is 9.51 Å². The maximum absolute atomic E-state index is 13.6. The van der Waals surface area contributed by atoms with E-state index in [1.54, 1.807) is 12.1 Å². The smallest absolute Gasteiger partial charge is 0.303 e. The molecule has 162 valence electrons. The van der Waals surface area contributed by atoms with Gasteiger partial charge in [0.2, 0.25) is 0 Å². The molecule has 0 radical (unpaired) electrons. The zero-order valence-corrected chi connectivity index (χ0v) is 17.3. The summed E-state index contributed by atoms with van der Waals surface area (Å²) in [6.07, 6.45) is 4.96. The number of carboxylic acid groups (broad SMARTS) is 1. The van der Waals surface area contributed by atoms with Crippen LogP contribution in [0.15, 0.2) is 47.0 Å². The normalized spacial score (nSPS) is 14.0. The molecule has 0 saturated heterocycles. The molecule has 0 saturated carbocycles. The number of hydrogen-bond donors (Lipinski definition) is 2. The fraction of sp³-hybridized carbons (Fsp3) is 0.375. The standard InChI is InChI=1S/C24H26FN3O3/c25-19-6-1-4-17(12-19)18(14-23(29)30)13-21-15-22(31-28-21)8-2-7-20-10-9-16-5-3-11-26-24(16)27-20/h1,4,6,9-10,12,15,18H,2-3,5,7-8,11,13-14H2,(H,26,27)(H,29,30). The van der Waals surface area contributed by atoms with E-state index in [-0.39, 0.29) is 18.2 Å². The molecule has 1 aliphatic heterocycles. The van der Waals surface area contributed by atoms with Gasteiger partial charge in [-0.3, -0.25) is 4.79 Å². The monoisotopic (exact) mass is 423 g/mol. The number of aromatic nitrogens is 2. The van der Waals surface area contributed by atoms with Crippen molar-refractivity contribution in [1.82, 2.24) is 10.1 Å². The number of fused-ring (bicyclic) bond motifs is 1. The first-order valence-electron chi connectivity index (χ1n) is 10.7. The van der Waals surface area contributed by atoms with E-state index in [2.05, 4.69) is 22.6 Å². The fourth-order valence-corrected chi connectivity index (χ4v) is 4.05. The van der Waals surface area contributed by atoms with Gasteiger partial charge in [0.15, 0.2) is 0 Å². The second-order valence-corrected chi connectivity index (χ2v) is 8.03. The van der Waals surface area contributed by atoms with Crippen molar-refractivity contribution >= 4 is 11.8 Å². The number of anilines is 1. The molecule has 1 unspecified atom stereocenters. The Kier molecular flexibility index (Phi) is 6.60. The van der Waals surface area contributed by atoms with Crippen molar-refractivity contribution < 1.29 is 18.8 Å². The van der Waals surface area contributed by atoms with Crippen molar-refractivity contribution in [2.45, 2.75) is 50.9 Å². The van der Waals surface area contributed by atoms with E-state index < -0.39 is 5.97 Å². The Morgan fingerprint density at radius 3 is 2.94 bits per heavy atom. The number of pyridine rings is 1. The first-order chi connectivity index (χ1) is 15.1. The Bertz CT molecular complexity index is 1050. The summed E-state index contributed by atoms with van der Waals surface area (Å²) < 4.78 is 19.0. The van der Waals surface area contributed by atoms with E-state index in [1.807, 2.05) is 6.07 Å². The topological polar surface area (TPSA) is 88.2 Å². The molecule has 0 aliphatic carbocycles. The Hall–Kier alpha value is -3.22. The Labute approximate surface area is 180 Å². The number of aliphatic carboxylic acids is 1. The average Bonchev–Trinajstić information content (AvgIpc) is 3.20. The first kappa shape index (κ1) is 21.0. The van der Waals surface area contributed by atoms with Crippen LogP contribution in [-0.2, 0) is 30.5 Å². The SMILES string of the molecule is O=C(O)CC(Cc1cc(CCCc2ccc3c(n2)NCCC3)on1)c1cccc(F)c1. The minimum atomic E-state index is -0.926. The third-order valence-electron chi connectivity index (χ3n) is 5.61. The largest absolute Gasteiger partial charge is 0.481 e. The molecule has 31 heavy (non-hydrogen) atoms. The molecule has 0 bridgehead atoms. The molecule has 3 heterocycles. The summed E-state index contributed by atoms with van der Waals surface area (Å²) in [6.45, 7) is 0.975. The van der Waals surface area contributed by atoms with Gasteiger partial charge < -0.3 is 14.9 Å². The highest BCUT2D eigenvalue weighted by molar-refractivity contribution is 5.68. The van der Waals surface area contributed by atoms with Crippen LogP contribution in [0.1, 0.15) is 53.5 Å². The first-order valence-corrected chi connectivity index (χ1v) is 10.7. The molecule has 1 aliphatic rings. The second kappa shape index (κ2) is 9.73. The minimum absolute atomic E-state index is 0.0936. The molecular weight excluding hydrogens is 397 g/mol. The van der Waals surface area contributed by atoms with E-state index in [0.717, 1.165) is 55.9 Å². The van der Waals surface area contributed by atoms with Crippen molar-refractivity contribution in [2.24, 2.45) is 0 Å². The van der Waals surface area contributed by atoms with Crippen LogP contribution in [0, 0.1) is 5.82 Å². The highest BCUT2D eigenvalue weighted by Gasteiger charge is 2.19. The summed E-state index contributed by atoms with van der Waals surface area (Å²) in [5.41, 5.74) is 3.67. The van der Waals surface area contributed by atoms with E-state index in [0.29, 0.717) is 17.7 Å². The molecule has 1 atom stereocenters.